The number of rotatable bonds is 1. The Morgan fingerprint density at radius 3 is 2.31 bits per heavy atom. The van der Waals surface area contributed by atoms with Gasteiger partial charge in [0.05, 0.1) is 0 Å². The van der Waals surface area contributed by atoms with Crippen molar-refractivity contribution in [2.75, 3.05) is 0 Å². The van der Waals surface area contributed by atoms with Crippen LogP contribution < -0.4 is 5.32 Å². The average Bonchev–Trinajstić information content (AvgIpc) is 2.77. The van der Waals surface area contributed by atoms with E-state index in [1.54, 1.807) is 0 Å². The Bertz CT molecular complexity index is 479. The fraction of sp³-hybridized carbons (Fsp3) is 0.143. The molecule has 1 N–H and O–H groups in total. The minimum Gasteiger partial charge on any atom is -0.309 e. The molecule has 2 aromatic rings. The van der Waals surface area contributed by atoms with Crippen molar-refractivity contribution in [2.24, 2.45) is 0 Å². The van der Waals surface area contributed by atoms with Crippen molar-refractivity contribution < 1.29 is 0 Å². The molecule has 1 nitrogen and oxygen atoms in total. The number of fused-ring (bicyclic) bond motifs is 1. The Morgan fingerprint density at radius 1 is 0.750 bits per heavy atom. The Morgan fingerprint density at radius 2 is 1.50 bits per heavy atom. The molecule has 1 aliphatic rings. The molecule has 0 fully saturated rings. The van der Waals surface area contributed by atoms with Gasteiger partial charge in [-0.05, 0) is 28.3 Å². The Labute approximate surface area is 102 Å². The highest BCUT2D eigenvalue weighted by Crippen LogP contribution is 2.24. The molecule has 16 heavy (non-hydrogen) atoms. The summed E-state index contributed by atoms with van der Waals surface area (Å²) in [5.41, 5.74) is 5.50. The zero-order chi connectivity index (χ0) is 10.1. The van der Waals surface area contributed by atoms with E-state index >= 15 is 0 Å². The van der Waals surface area contributed by atoms with Crippen LogP contribution >= 0.6 is 12.4 Å². The van der Waals surface area contributed by atoms with Gasteiger partial charge in [-0.3, -0.25) is 0 Å². The maximum absolute atomic E-state index is 3.37. The first kappa shape index (κ1) is 11.2. The zero-order valence-corrected chi connectivity index (χ0v) is 9.76. The largest absolute Gasteiger partial charge is 0.309 e. The molecule has 0 saturated carbocycles. The number of benzene rings is 2. The molecule has 0 unspecified atom stereocenters. The number of hydrogen-bond donors (Lipinski definition) is 1. The minimum absolute atomic E-state index is 0. The highest BCUT2D eigenvalue weighted by Gasteiger charge is 2.10. The third kappa shape index (κ3) is 1.97. The van der Waals surface area contributed by atoms with Gasteiger partial charge in [0.2, 0.25) is 0 Å². The first-order valence-electron chi connectivity index (χ1n) is 5.31. The first-order valence-corrected chi connectivity index (χ1v) is 5.31. The van der Waals surface area contributed by atoms with E-state index in [9.17, 15) is 0 Å². The molecule has 0 saturated heterocycles. The van der Waals surface area contributed by atoms with E-state index in [-0.39, 0.29) is 12.4 Å². The Balaban J connectivity index is 0.000000963. The molecule has 0 atom stereocenters. The predicted octanol–water partition coefficient (Wildman–Crippen LogP) is 3.38. The van der Waals surface area contributed by atoms with Crippen LogP contribution in [0.5, 0.6) is 0 Å². The van der Waals surface area contributed by atoms with Crippen LogP contribution in [0.4, 0.5) is 0 Å². The molecule has 3 rings (SSSR count). The van der Waals surface area contributed by atoms with E-state index < -0.39 is 0 Å². The molecular formula is C14H14ClN. The molecule has 1 aliphatic heterocycles. The standard InChI is InChI=1S/C14H13N.ClH/c1-2-4-11(5-3-1)12-6-7-13-9-15-10-14(13)8-12;/h1-8,15H,9-10H2;1H. The summed E-state index contributed by atoms with van der Waals surface area (Å²) in [5.74, 6) is 0. The van der Waals surface area contributed by atoms with Crippen LogP contribution in [0.25, 0.3) is 11.1 Å². The lowest BCUT2D eigenvalue weighted by Crippen LogP contribution is -1.99. The maximum atomic E-state index is 3.37. The maximum Gasteiger partial charge on any atom is 0.0212 e. The van der Waals surface area contributed by atoms with Gasteiger partial charge >= 0.3 is 0 Å². The van der Waals surface area contributed by atoms with Crippen LogP contribution in [0.3, 0.4) is 0 Å². The second-order valence-corrected chi connectivity index (χ2v) is 3.95. The van der Waals surface area contributed by atoms with Crippen molar-refractivity contribution in [3.63, 3.8) is 0 Å². The van der Waals surface area contributed by atoms with E-state index in [1.165, 1.54) is 22.3 Å². The van der Waals surface area contributed by atoms with Crippen molar-refractivity contribution in [1.82, 2.24) is 5.32 Å². The molecule has 82 valence electrons. The monoisotopic (exact) mass is 231 g/mol. The second kappa shape index (κ2) is 4.69. The smallest absolute Gasteiger partial charge is 0.0212 e. The summed E-state index contributed by atoms with van der Waals surface area (Å²) in [5, 5.41) is 3.37. The molecule has 2 aromatic carbocycles. The van der Waals surface area contributed by atoms with Crippen LogP contribution in [-0.4, -0.2) is 0 Å². The summed E-state index contributed by atoms with van der Waals surface area (Å²) >= 11 is 0. The fourth-order valence-corrected chi connectivity index (χ4v) is 2.10. The summed E-state index contributed by atoms with van der Waals surface area (Å²) in [6.45, 7) is 2.03. The highest BCUT2D eigenvalue weighted by atomic mass is 35.5. The lowest BCUT2D eigenvalue weighted by Gasteiger charge is -2.04. The van der Waals surface area contributed by atoms with Gasteiger partial charge in [-0.25, -0.2) is 0 Å². The molecule has 0 bridgehead atoms. The van der Waals surface area contributed by atoms with Crippen molar-refractivity contribution >= 4 is 12.4 Å². The van der Waals surface area contributed by atoms with Crippen molar-refractivity contribution in [1.29, 1.82) is 0 Å². The molecule has 0 spiro atoms. The van der Waals surface area contributed by atoms with Crippen molar-refractivity contribution in [3.05, 3.63) is 59.7 Å². The van der Waals surface area contributed by atoms with Gasteiger partial charge in [0.25, 0.3) is 0 Å². The van der Waals surface area contributed by atoms with E-state index in [2.05, 4.69) is 53.8 Å². The van der Waals surface area contributed by atoms with Crippen LogP contribution in [0.2, 0.25) is 0 Å². The van der Waals surface area contributed by atoms with Gasteiger partial charge in [0, 0.05) is 13.1 Å². The summed E-state index contributed by atoms with van der Waals surface area (Å²) in [4.78, 5) is 0. The van der Waals surface area contributed by atoms with Gasteiger partial charge in [-0.15, -0.1) is 12.4 Å². The lowest BCUT2D eigenvalue weighted by atomic mass is 10.0. The van der Waals surface area contributed by atoms with Crippen LogP contribution in [0, 0.1) is 0 Å². The first-order chi connectivity index (χ1) is 7.43. The molecule has 0 radical (unpaired) electrons. The minimum atomic E-state index is 0. The average molecular weight is 232 g/mol. The lowest BCUT2D eigenvalue weighted by molar-refractivity contribution is 0.765. The van der Waals surface area contributed by atoms with Gasteiger partial charge in [-0.2, -0.15) is 0 Å². The summed E-state index contributed by atoms with van der Waals surface area (Å²) in [7, 11) is 0. The molecule has 1 heterocycles. The van der Waals surface area contributed by atoms with E-state index in [4.69, 9.17) is 0 Å². The molecule has 2 heteroatoms. The summed E-state index contributed by atoms with van der Waals surface area (Å²) in [6.07, 6.45) is 0. The SMILES string of the molecule is Cl.c1ccc(-c2ccc3c(c2)CNC3)cc1. The Kier molecular flexibility index (Phi) is 3.28. The number of hydrogen-bond acceptors (Lipinski definition) is 1. The summed E-state index contributed by atoms with van der Waals surface area (Å²) in [6, 6.07) is 17.3. The third-order valence-corrected chi connectivity index (χ3v) is 2.94. The van der Waals surface area contributed by atoms with Gasteiger partial charge in [0.15, 0.2) is 0 Å². The van der Waals surface area contributed by atoms with E-state index in [0.717, 1.165) is 13.1 Å². The van der Waals surface area contributed by atoms with E-state index in [1.807, 2.05) is 0 Å². The molecule has 0 aliphatic carbocycles. The van der Waals surface area contributed by atoms with Crippen molar-refractivity contribution in [3.8, 4) is 11.1 Å². The molecule has 0 amide bonds. The fourth-order valence-electron chi connectivity index (χ4n) is 2.10. The van der Waals surface area contributed by atoms with Crippen molar-refractivity contribution in [2.45, 2.75) is 13.1 Å². The predicted molar refractivity (Wildman–Crippen MR) is 69.7 cm³/mol. The second-order valence-electron chi connectivity index (χ2n) is 3.95. The summed E-state index contributed by atoms with van der Waals surface area (Å²) < 4.78 is 0. The molecular weight excluding hydrogens is 218 g/mol. The Hall–Kier alpha value is -1.31. The number of nitrogens with one attached hydrogen (secondary N) is 1. The van der Waals surface area contributed by atoms with Crippen LogP contribution in [0.1, 0.15) is 11.1 Å². The van der Waals surface area contributed by atoms with Gasteiger partial charge in [-0.1, -0.05) is 42.5 Å². The van der Waals surface area contributed by atoms with E-state index in [0.29, 0.717) is 0 Å². The van der Waals surface area contributed by atoms with Gasteiger partial charge in [0.1, 0.15) is 0 Å². The topological polar surface area (TPSA) is 12.0 Å². The normalized spacial score (nSPS) is 13.0. The third-order valence-electron chi connectivity index (χ3n) is 2.94. The number of halogens is 1. The van der Waals surface area contributed by atoms with Crippen LogP contribution in [-0.2, 0) is 13.1 Å². The van der Waals surface area contributed by atoms with Gasteiger partial charge < -0.3 is 5.32 Å². The molecule has 0 aromatic heterocycles. The zero-order valence-electron chi connectivity index (χ0n) is 8.94. The van der Waals surface area contributed by atoms with Crippen LogP contribution in [0.15, 0.2) is 48.5 Å². The highest BCUT2D eigenvalue weighted by molar-refractivity contribution is 5.85. The quantitative estimate of drug-likeness (QED) is 0.794.